The number of amides is 1. The molecule has 4 rings (SSSR count). The van der Waals surface area contributed by atoms with Crippen LogP contribution in [0.2, 0.25) is 0 Å². The second-order valence-corrected chi connectivity index (χ2v) is 6.93. The van der Waals surface area contributed by atoms with Gasteiger partial charge in [-0.15, -0.1) is 0 Å². The normalized spacial score (nSPS) is 11.1. The molecule has 0 spiro atoms. The Kier molecular flexibility index (Phi) is 3.54. The number of carbonyl (C=O) groups is 1. The van der Waals surface area contributed by atoms with Crippen LogP contribution in [-0.4, -0.2) is 10.9 Å². The summed E-state index contributed by atoms with van der Waals surface area (Å²) in [5.74, 6) is -0.125. The Morgan fingerprint density at radius 2 is 1.83 bits per heavy atom. The largest absolute Gasteiger partial charge is 0.298 e. The number of nitrogens with one attached hydrogen (secondary N) is 1. The SMILES string of the molecule is Cc1cc(C)c2sc(NC(=O)c3cccc4ccccc34)nc2c1. The number of rotatable bonds is 2. The Balaban J connectivity index is 1.72. The van der Waals surface area contributed by atoms with Crippen LogP contribution in [0.3, 0.4) is 0 Å². The fraction of sp³-hybridized carbons (Fsp3) is 0.100. The molecule has 118 valence electrons. The quantitative estimate of drug-likeness (QED) is 0.540. The molecule has 1 aromatic heterocycles. The number of carbonyl (C=O) groups excluding carboxylic acids is 1. The fourth-order valence-electron chi connectivity index (χ4n) is 3.02. The number of hydrogen-bond donors (Lipinski definition) is 1. The number of aryl methyl sites for hydroxylation is 2. The molecule has 0 bridgehead atoms. The summed E-state index contributed by atoms with van der Waals surface area (Å²) in [6, 6.07) is 17.8. The first-order valence-electron chi connectivity index (χ1n) is 7.79. The van der Waals surface area contributed by atoms with Crippen molar-refractivity contribution in [1.82, 2.24) is 4.98 Å². The zero-order chi connectivity index (χ0) is 16.7. The van der Waals surface area contributed by atoms with Gasteiger partial charge in [0.25, 0.3) is 5.91 Å². The van der Waals surface area contributed by atoms with E-state index in [0.29, 0.717) is 10.7 Å². The van der Waals surface area contributed by atoms with Crippen LogP contribution >= 0.6 is 11.3 Å². The van der Waals surface area contributed by atoms with E-state index in [9.17, 15) is 4.79 Å². The maximum atomic E-state index is 12.7. The summed E-state index contributed by atoms with van der Waals surface area (Å²) >= 11 is 1.52. The number of aromatic nitrogens is 1. The van der Waals surface area contributed by atoms with Crippen LogP contribution in [0.25, 0.3) is 21.0 Å². The summed E-state index contributed by atoms with van der Waals surface area (Å²) in [6.07, 6.45) is 0. The molecule has 0 aliphatic heterocycles. The van der Waals surface area contributed by atoms with Crippen molar-refractivity contribution in [3.05, 3.63) is 71.3 Å². The van der Waals surface area contributed by atoms with Crippen LogP contribution in [0.15, 0.2) is 54.6 Å². The van der Waals surface area contributed by atoms with Crippen LogP contribution in [0.5, 0.6) is 0 Å². The lowest BCUT2D eigenvalue weighted by atomic mass is 10.0. The predicted molar refractivity (Wildman–Crippen MR) is 101 cm³/mol. The smallest absolute Gasteiger partial charge is 0.258 e. The molecule has 3 aromatic carbocycles. The number of fused-ring (bicyclic) bond motifs is 2. The standard InChI is InChI=1S/C20H16N2OS/c1-12-10-13(2)18-17(11-12)21-20(24-18)22-19(23)16-9-5-7-14-6-3-4-8-15(14)16/h3-11H,1-2H3,(H,21,22,23). The van der Waals surface area contributed by atoms with Gasteiger partial charge in [-0.3, -0.25) is 10.1 Å². The van der Waals surface area contributed by atoms with Crippen molar-refractivity contribution < 1.29 is 4.79 Å². The summed E-state index contributed by atoms with van der Waals surface area (Å²) in [6.45, 7) is 4.13. The highest BCUT2D eigenvalue weighted by atomic mass is 32.1. The molecule has 0 aliphatic rings. The minimum absolute atomic E-state index is 0.125. The highest BCUT2D eigenvalue weighted by molar-refractivity contribution is 7.22. The van der Waals surface area contributed by atoms with Crippen LogP contribution in [0.4, 0.5) is 5.13 Å². The zero-order valence-electron chi connectivity index (χ0n) is 13.5. The van der Waals surface area contributed by atoms with Gasteiger partial charge in [-0.05, 0) is 47.9 Å². The average Bonchev–Trinajstić information content (AvgIpc) is 2.97. The zero-order valence-corrected chi connectivity index (χ0v) is 14.3. The van der Waals surface area contributed by atoms with Crippen molar-refractivity contribution in [3.8, 4) is 0 Å². The molecule has 0 unspecified atom stereocenters. The topological polar surface area (TPSA) is 42.0 Å². The Bertz CT molecular complexity index is 1080. The number of thiazole rings is 1. The predicted octanol–water partition coefficient (Wildman–Crippen LogP) is 5.32. The lowest BCUT2D eigenvalue weighted by molar-refractivity contribution is 0.102. The molecule has 1 N–H and O–H groups in total. The maximum Gasteiger partial charge on any atom is 0.258 e. The Morgan fingerprint density at radius 3 is 2.71 bits per heavy atom. The van der Waals surface area contributed by atoms with Crippen molar-refractivity contribution in [1.29, 1.82) is 0 Å². The Labute approximate surface area is 144 Å². The first-order chi connectivity index (χ1) is 11.6. The first kappa shape index (κ1) is 14.8. The van der Waals surface area contributed by atoms with Crippen LogP contribution < -0.4 is 5.32 Å². The number of hydrogen-bond acceptors (Lipinski definition) is 3. The van der Waals surface area contributed by atoms with Crippen LogP contribution in [0.1, 0.15) is 21.5 Å². The lowest BCUT2D eigenvalue weighted by Crippen LogP contribution is -2.12. The fourth-order valence-corrected chi connectivity index (χ4v) is 3.93. The van der Waals surface area contributed by atoms with Crippen molar-refractivity contribution in [2.75, 3.05) is 5.32 Å². The van der Waals surface area contributed by atoms with E-state index < -0.39 is 0 Å². The molecule has 1 heterocycles. The van der Waals surface area contributed by atoms with E-state index in [2.05, 4.69) is 30.2 Å². The molecule has 4 heteroatoms. The molecule has 3 nitrogen and oxygen atoms in total. The molecule has 4 aromatic rings. The molecule has 0 saturated carbocycles. The van der Waals surface area contributed by atoms with Gasteiger partial charge in [-0.2, -0.15) is 0 Å². The highest BCUT2D eigenvalue weighted by Crippen LogP contribution is 2.30. The summed E-state index contributed by atoms with van der Waals surface area (Å²) in [5.41, 5.74) is 3.97. The van der Waals surface area contributed by atoms with Gasteiger partial charge in [0, 0.05) is 5.56 Å². The van der Waals surface area contributed by atoms with Crippen molar-refractivity contribution in [3.63, 3.8) is 0 Å². The maximum absolute atomic E-state index is 12.7. The molecular formula is C20H16N2OS. The number of anilines is 1. The van der Waals surface area contributed by atoms with E-state index in [1.54, 1.807) is 0 Å². The first-order valence-corrected chi connectivity index (χ1v) is 8.60. The number of nitrogens with zero attached hydrogens (tertiary/aromatic N) is 1. The Morgan fingerprint density at radius 1 is 1.04 bits per heavy atom. The van der Waals surface area contributed by atoms with E-state index in [-0.39, 0.29) is 5.91 Å². The highest BCUT2D eigenvalue weighted by Gasteiger charge is 2.13. The second-order valence-electron chi connectivity index (χ2n) is 5.93. The van der Waals surface area contributed by atoms with Gasteiger partial charge in [0.05, 0.1) is 10.2 Å². The molecule has 0 radical (unpaired) electrons. The van der Waals surface area contributed by atoms with E-state index in [4.69, 9.17) is 0 Å². The van der Waals surface area contributed by atoms with Gasteiger partial charge in [0.2, 0.25) is 0 Å². The van der Waals surface area contributed by atoms with Gasteiger partial charge in [0.1, 0.15) is 0 Å². The number of benzene rings is 3. The van der Waals surface area contributed by atoms with Gasteiger partial charge >= 0.3 is 0 Å². The third-order valence-corrected chi connectivity index (χ3v) is 5.20. The summed E-state index contributed by atoms with van der Waals surface area (Å²) in [7, 11) is 0. The Hall–Kier alpha value is -2.72. The van der Waals surface area contributed by atoms with E-state index in [1.165, 1.54) is 22.5 Å². The summed E-state index contributed by atoms with van der Waals surface area (Å²) in [4.78, 5) is 17.3. The molecule has 24 heavy (non-hydrogen) atoms. The molecule has 0 fully saturated rings. The van der Waals surface area contributed by atoms with Crippen LogP contribution in [-0.2, 0) is 0 Å². The molecular weight excluding hydrogens is 316 g/mol. The monoisotopic (exact) mass is 332 g/mol. The third kappa shape index (κ3) is 2.55. The van der Waals surface area contributed by atoms with Crippen molar-refractivity contribution >= 4 is 43.4 Å². The third-order valence-electron chi connectivity index (χ3n) is 4.07. The van der Waals surface area contributed by atoms with Gasteiger partial charge < -0.3 is 0 Å². The van der Waals surface area contributed by atoms with Crippen molar-refractivity contribution in [2.45, 2.75) is 13.8 Å². The van der Waals surface area contributed by atoms with Gasteiger partial charge in [-0.1, -0.05) is 53.8 Å². The molecule has 0 aliphatic carbocycles. The van der Waals surface area contributed by atoms with E-state index in [0.717, 1.165) is 21.0 Å². The second kappa shape index (κ2) is 5.73. The minimum atomic E-state index is -0.125. The summed E-state index contributed by atoms with van der Waals surface area (Å²) < 4.78 is 1.12. The molecule has 0 saturated heterocycles. The van der Waals surface area contributed by atoms with Crippen molar-refractivity contribution in [2.24, 2.45) is 0 Å². The summed E-state index contributed by atoms with van der Waals surface area (Å²) in [5, 5.41) is 5.60. The van der Waals surface area contributed by atoms with Gasteiger partial charge in [0.15, 0.2) is 5.13 Å². The van der Waals surface area contributed by atoms with Gasteiger partial charge in [-0.25, -0.2) is 4.98 Å². The van der Waals surface area contributed by atoms with E-state index >= 15 is 0 Å². The molecule has 1 amide bonds. The average molecular weight is 332 g/mol. The van der Waals surface area contributed by atoms with Crippen LogP contribution in [0, 0.1) is 13.8 Å². The molecule has 0 atom stereocenters. The van der Waals surface area contributed by atoms with E-state index in [1.807, 2.05) is 48.5 Å². The minimum Gasteiger partial charge on any atom is -0.298 e. The lowest BCUT2D eigenvalue weighted by Gasteiger charge is -2.05.